The molecule has 0 aliphatic carbocycles. The number of benzene rings is 1. The van der Waals surface area contributed by atoms with Crippen molar-refractivity contribution in [3.63, 3.8) is 0 Å². The van der Waals surface area contributed by atoms with Crippen LogP contribution in [-0.4, -0.2) is 76.1 Å². The monoisotopic (exact) mass is 514 g/mol. The molecule has 3 unspecified atom stereocenters. The summed E-state index contributed by atoms with van der Waals surface area (Å²) in [5.74, 6) is -1.58. The molecule has 0 spiro atoms. The highest BCUT2D eigenvalue weighted by atomic mass is 19.3. The van der Waals surface area contributed by atoms with Crippen LogP contribution in [0.4, 0.5) is 8.78 Å². The van der Waals surface area contributed by atoms with Gasteiger partial charge in [0.15, 0.2) is 5.78 Å². The molecule has 3 heterocycles. The van der Waals surface area contributed by atoms with Gasteiger partial charge in [0.05, 0.1) is 12.6 Å². The zero-order valence-corrected chi connectivity index (χ0v) is 20.5. The van der Waals surface area contributed by atoms with Crippen LogP contribution in [0.15, 0.2) is 48.7 Å². The molecule has 4 rings (SSSR count). The van der Waals surface area contributed by atoms with Gasteiger partial charge in [-0.15, -0.1) is 0 Å². The number of halogens is 2. The van der Waals surface area contributed by atoms with E-state index >= 15 is 0 Å². The predicted molar refractivity (Wildman–Crippen MR) is 128 cm³/mol. The number of rotatable bonds is 8. The van der Waals surface area contributed by atoms with Crippen LogP contribution in [-0.2, 0) is 9.59 Å². The predicted octanol–water partition coefficient (Wildman–Crippen LogP) is 2.52. The Hall–Kier alpha value is -3.89. The van der Waals surface area contributed by atoms with E-state index in [4.69, 9.17) is 0 Å². The minimum atomic E-state index is -2.98. The summed E-state index contributed by atoms with van der Waals surface area (Å²) in [7, 11) is 0. The Labute approximate surface area is 212 Å². The maximum absolute atomic E-state index is 13.6. The number of likely N-dealkylation sites (tertiary alicyclic amines) is 2. The summed E-state index contributed by atoms with van der Waals surface area (Å²) in [5, 5.41) is 2.74. The lowest BCUT2D eigenvalue weighted by molar-refractivity contribution is -0.138. The minimum Gasteiger partial charge on any atom is -0.435 e. The number of hydrogen-bond donors (Lipinski definition) is 1. The second kappa shape index (κ2) is 11.0. The van der Waals surface area contributed by atoms with Crippen LogP contribution in [0.1, 0.15) is 47.5 Å². The van der Waals surface area contributed by atoms with E-state index in [1.165, 1.54) is 40.3 Å². The largest absolute Gasteiger partial charge is 0.435 e. The smallest absolute Gasteiger partial charge is 0.387 e. The quantitative estimate of drug-likeness (QED) is 0.580. The maximum Gasteiger partial charge on any atom is 0.387 e. The molecular weight excluding hydrogens is 486 g/mol. The highest BCUT2D eigenvalue weighted by Gasteiger charge is 2.52. The van der Waals surface area contributed by atoms with Crippen molar-refractivity contribution in [1.29, 1.82) is 0 Å². The number of aromatic nitrogens is 1. The van der Waals surface area contributed by atoms with Crippen molar-refractivity contribution < 1.29 is 32.7 Å². The number of pyridine rings is 1. The van der Waals surface area contributed by atoms with E-state index in [0.717, 1.165) is 0 Å². The molecule has 0 radical (unpaired) electrons. The molecule has 0 saturated carbocycles. The molecule has 9 nitrogen and oxygen atoms in total. The summed E-state index contributed by atoms with van der Waals surface area (Å²) in [4.78, 5) is 59.4. The van der Waals surface area contributed by atoms with Crippen LogP contribution in [0.25, 0.3) is 0 Å². The van der Waals surface area contributed by atoms with Crippen LogP contribution in [0.2, 0.25) is 0 Å². The van der Waals surface area contributed by atoms with Gasteiger partial charge in [-0.1, -0.05) is 19.9 Å². The van der Waals surface area contributed by atoms with Gasteiger partial charge in [-0.3, -0.25) is 24.2 Å². The topological polar surface area (TPSA) is 109 Å². The standard InChI is InChI=1S/C26H28F2N4O5/c1-15(2)13-19(30-23(34)16-6-8-17(9-7-16)37-26(27)28)25(36)31-12-10-20-22(31)21(33)14-32(20)24(35)18-5-3-4-11-29-18/h3-9,11,15,19-20,22,26H,10,12-14H2,1-2H3,(H,30,34). The number of carbonyl (C=O) groups excluding carboxylic acids is 4. The number of hydrogen-bond acceptors (Lipinski definition) is 6. The van der Waals surface area contributed by atoms with Crippen molar-refractivity contribution in [3.05, 3.63) is 59.9 Å². The molecule has 196 valence electrons. The molecule has 0 bridgehead atoms. The molecule has 1 aromatic heterocycles. The Kier molecular flexibility index (Phi) is 7.80. The Bertz CT molecular complexity index is 1160. The zero-order valence-electron chi connectivity index (χ0n) is 20.5. The number of fused-ring (bicyclic) bond motifs is 1. The average Bonchev–Trinajstić information content (AvgIpc) is 3.44. The van der Waals surface area contributed by atoms with Crippen LogP contribution < -0.4 is 10.1 Å². The first-order valence-electron chi connectivity index (χ1n) is 12.1. The van der Waals surface area contributed by atoms with Gasteiger partial charge in [0.25, 0.3) is 11.8 Å². The van der Waals surface area contributed by atoms with E-state index in [1.54, 1.807) is 18.2 Å². The van der Waals surface area contributed by atoms with E-state index < -0.39 is 36.6 Å². The van der Waals surface area contributed by atoms with Crippen molar-refractivity contribution in [2.75, 3.05) is 13.1 Å². The van der Waals surface area contributed by atoms with Crippen molar-refractivity contribution >= 4 is 23.5 Å². The summed E-state index contributed by atoms with van der Waals surface area (Å²) in [5.41, 5.74) is 0.405. The average molecular weight is 515 g/mol. The molecule has 1 aromatic carbocycles. The van der Waals surface area contributed by atoms with Gasteiger partial charge in [0, 0.05) is 18.3 Å². The second-order valence-corrected chi connectivity index (χ2v) is 9.51. The van der Waals surface area contributed by atoms with E-state index in [1.807, 2.05) is 13.8 Å². The fourth-order valence-corrected chi connectivity index (χ4v) is 4.90. The van der Waals surface area contributed by atoms with Gasteiger partial charge in [-0.2, -0.15) is 8.78 Å². The lowest BCUT2D eigenvalue weighted by Crippen LogP contribution is -2.53. The van der Waals surface area contributed by atoms with Crippen LogP contribution in [0, 0.1) is 5.92 Å². The van der Waals surface area contributed by atoms with Crippen LogP contribution >= 0.6 is 0 Å². The first-order valence-corrected chi connectivity index (χ1v) is 12.1. The molecule has 1 N–H and O–H groups in total. The lowest BCUT2D eigenvalue weighted by Gasteiger charge is -2.29. The lowest BCUT2D eigenvalue weighted by atomic mass is 10.0. The third-order valence-corrected chi connectivity index (χ3v) is 6.50. The van der Waals surface area contributed by atoms with E-state index in [-0.39, 0.29) is 47.7 Å². The Balaban J connectivity index is 1.48. The second-order valence-electron chi connectivity index (χ2n) is 9.51. The van der Waals surface area contributed by atoms with Crippen LogP contribution in [0.5, 0.6) is 5.75 Å². The number of ketones is 1. The molecule has 2 aliphatic rings. The summed E-state index contributed by atoms with van der Waals surface area (Å²) < 4.78 is 29.1. The van der Waals surface area contributed by atoms with E-state index in [2.05, 4.69) is 15.0 Å². The van der Waals surface area contributed by atoms with Gasteiger partial charge >= 0.3 is 6.61 Å². The fraction of sp³-hybridized carbons (Fsp3) is 0.423. The van der Waals surface area contributed by atoms with Crippen molar-refractivity contribution in [1.82, 2.24) is 20.1 Å². The molecule has 2 aromatic rings. The number of nitrogens with one attached hydrogen (secondary N) is 1. The summed E-state index contributed by atoms with van der Waals surface area (Å²) in [6.07, 6.45) is 2.27. The van der Waals surface area contributed by atoms with Gasteiger partial charge in [-0.05, 0) is 55.2 Å². The van der Waals surface area contributed by atoms with Gasteiger partial charge in [0.1, 0.15) is 23.5 Å². The fourth-order valence-electron chi connectivity index (χ4n) is 4.90. The van der Waals surface area contributed by atoms with Crippen LogP contribution in [0.3, 0.4) is 0 Å². The molecule has 2 saturated heterocycles. The number of Topliss-reactive ketones (excluding diaryl/α,β-unsaturated/α-hetero) is 1. The number of ether oxygens (including phenoxy) is 1. The van der Waals surface area contributed by atoms with E-state index in [9.17, 15) is 28.0 Å². The molecule has 2 aliphatic heterocycles. The third-order valence-electron chi connectivity index (χ3n) is 6.50. The summed E-state index contributed by atoms with van der Waals surface area (Å²) in [6.45, 7) is 0.997. The summed E-state index contributed by atoms with van der Waals surface area (Å²) in [6, 6.07) is 7.98. The molecule has 3 amide bonds. The highest BCUT2D eigenvalue weighted by molar-refractivity contribution is 6.03. The van der Waals surface area contributed by atoms with Gasteiger partial charge in [0.2, 0.25) is 5.91 Å². The van der Waals surface area contributed by atoms with E-state index in [0.29, 0.717) is 12.8 Å². The first kappa shape index (κ1) is 26.2. The molecule has 37 heavy (non-hydrogen) atoms. The van der Waals surface area contributed by atoms with Gasteiger partial charge < -0.3 is 19.9 Å². The number of carbonyl (C=O) groups is 4. The molecule has 11 heteroatoms. The normalized spacial score (nSPS) is 19.8. The molecule has 2 fully saturated rings. The maximum atomic E-state index is 13.6. The Morgan fingerprint density at radius 1 is 1.11 bits per heavy atom. The number of alkyl halides is 2. The molecule has 3 atom stereocenters. The van der Waals surface area contributed by atoms with Crippen molar-refractivity contribution in [2.45, 2.75) is 51.4 Å². The molecular formula is C26H28F2N4O5. The van der Waals surface area contributed by atoms with Crippen molar-refractivity contribution in [2.24, 2.45) is 5.92 Å². The Morgan fingerprint density at radius 3 is 2.46 bits per heavy atom. The van der Waals surface area contributed by atoms with Gasteiger partial charge in [-0.25, -0.2) is 0 Å². The van der Waals surface area contributed by atoms with Crippen molar-refractivity contribution in [3.8, 4) is 5.75 Å². The Morgan fingerprint density at radius 2 is 1.84 bits per heavy atom. The number of amides is 3. The SMILES string of the molecule is CC(C)CC(NC(=O)c1ccc(OC(F)F)cc1)C(=O)N1CCC2C1C(=O)CN2C(=O)c1ccccn1. The highest BCUT2D eigenvalue weighted by Crippen LogP contribution is 2.31. The first-order chi connectivity index (χ1) is 17.7. The third kappa shape index (κ3) is 5.76. The number of nitrogens with zero attached hydrogens (tertiary/aromatic N) is 3. The summed E-state index contributed by atoms with van der Waals surface area (Å²) >= 11 is 0. The minimum absolute atomic E-state index is 0.0518. The zero-order chi connectivity index (χ0) is 26.7.